The van der Waals surface area contributed by atoms with Crippen LogP contribution in [-0.2, 0) is 0 Å². The van der Waals surface area contributed by atoms with Crippen LogP contribution in [0.25, 0.3) is 85.1 Å². The fourth-order valence-corrected chi connectivity index (χ4v) is 17.2. The van der Waals surface area contributed by atoms with Crippen LogP contribution in [0, 0.1) is 142 Å². The molecule has 0 bridgehead atoms. The molecule has 13 aromatic carbocycles. The Morgan fingerprint density at radius 1 is 0.103 bits per heavy atom. The Morgan fingerprint density at radius 2 is 0.171 bits per heavy atom. The molecule has 13 aromatic rings. The molecule has 146 heavy (non-hydrogen) atoms. The van der Waals surface area contributed by atoms with E-state index >= 15 is 0 Å². The van der Waals surface area contributed by atoms with Gasteiger partial charge in [0.25, 0.3) is 0 Å². The quantitative estimate of drug-likeness (QED) is 0.0952. The normalized spacial score (nSPS) is 9.53. The van der Waals surface area contributed by atoms with Gasteiger partial charge in [0.15, 0.2) is 0 Å². The predicted molar refractivity (Wildman–Crippen MR) is 681 cm³/mol. The van der Waals surface area contributed by atoms with Crippen molar-refractivity contribution in [1.29, 1.82) is 0 Å². The summed E-state index contributed by atoms with van der Waals surface area (Å²) in [6.45, 7) is 0. The molecule has 0 unspecified atom stereocenters. The maximum absolute atomic E-state index is 3.47. The van der Waals surface area contributed by atoms with Gasteiger partial charge in [0.2, 0.25) is 0 Å². The lowest BCUT2D eigenvalue weighted by atomic mass is 10.0. The molecule has 0 N–H and O–H groups in total. The average molecular weight is 2910 g/mol. The van der Waals surface area contributed by atoms with Crippen LogP contribution in [0.5, 0.6) is 0 Å². The zero-order valence-corrected chi connectivity index (χ0v) is 102. The van der Waals surface area contributed by atoms with Gasteiger partial charge < -0.3 is 0 Å². The fraction of sp³-hybridized carbons (Fsp3) is 0. The number of hydrogen-bond acceptors (Lipinski definition) is 0. The van der Waals surface area contributed by atoms with E-state index < -0.39 is 0 Å². The summed E-state index contributed by atoms with van der Waals surface area (Å²) in [7, 11) is 0. The topological polar surface area (TPSA) is 0 Å². The Labute approximate surface area is 989 Å². The number of rotatable bonds is 14. The van der Waals surface area contributed by atoms with Gasteiger partial charge in [-0.25, -0.2) is 0 Å². The van der Waals surface area contributed by atoms with Gasteiger partial charge in [-0.15, -0.1) is 0 Å². The first-order chi connectivity index (χ1) is 70.7. The van der Waals surface area contributed by atoms with Crippen molar-refractivity contribution in [1.82, 2.24) is 0 Å². The zero-order chi connectivity index (χ0) is 103. The summed E-state index contributed by atoms with van der Waals surface area (Å²) >= 11 is 55.6. The zero-order valence-electron chi connectivity index (χ0n) is 76.2. The van der Waals surface area contributed by atoms with Crippen LogP contribution in [0.15, 0.2) is 376 Å². The van der Waals surface area contributed by atoms with Gasteiger partial charge in [-0.05, 0) is 563 Å². The Kier molecular flexibility index (Phi) is 45.6. The summed E-state index contributed by atoms with van der Waals surface area (Å²) in [5.74, 6) is 81.2. The standard InChI is InChI=1S/C130H66Br16/c131-123(132)83-115-57-21-95(22-58-115)13-49-107(50-14-96-23-59-116(60-24-96)84-124(133)134)77-103-37-1-91(2-38-103)9-45-111(46-10-92-3-39-104(40-4-92)78-108(51-15-97-25-61-117(62-26-97)85-125(135)136)52-16-98-27-63-118(64-28-98)86-126(137)138)81-113-73-75-114(76-74-113)82-112(47-11-93-5-41-105(42-6-93)79-109(53-17-99-29-65-119(66-30-99)87-127(139)140)54-18-100-31-67-120(68-32-100)88-128(141)142)48-12-94-7-43-106(44-8-94)80-110(55-19-101-33-69-121(70-34-101)89-129(143)144)56-20-102-35-71-122(72-36-102)90-130(145)146/h1-8,21-44,57-90H. The highest BCUT2D eigenvalue weighted by Gasteiger charge is 2.07. The van der Waals surface area contributed by atoms with Crippen LogP contribution in [0.3, 0.4) is 0 Å². The third kappa shape index (κ3) is 41.7. The molecule has 0 fully saturated rings. The SMILES string of the molecule is BrC(Br)=Cc1ccc(C#CC(C#Cc2ccc(C=C(Br)Br)cc2)=Cc2ccc(C#CC(C#Cc3ccc(C=C(C#Cc4ccc(C=C(Br)Br)cc4)C#Cc4ccc(C=C(Br)Br)cc4)cc3)=Cc3ccc(C=C(C#Cc4ccc(C=C(C#Cc5ccc(C=C(Br)Br)cc5)C#Cc5ccc(C=C(Br)Br)cc5)cc4)C#Cc4ccc(C=C(C#Cc5ccc(C=C(Br)Br)cc5)C#Cc5ccc(C=C(Br)Br)cc5)cc4)cc3)cc2)cc1. The molecule has 0 aliphatic rings. The minimum atomic E-state index is 0.575. The Bertz CT molecular complexity index is 7070. The smallest absolute Gasteiger partial charge is 0.0610 e. The van der Waals surface area contributed by atoms with Crippen LogP contribution < -0.4 is 0 Å². The second-order valence-electron chi connectivity index (χ2n) is 31.0. The highest BCUT2D eigenvalue weighted by molar-refractivity contribution is 9.30. The van der Waals surface area contributed by atoms with Gasteiger partial charge in [-0.2, -0.15) is 0 Å². The maximum Gasteiger partial charge on any atom is 0.0757 e. The number of halogens is 16. The molecule has 0 saturated carbocycles. The number of benzene rings is 13. The fourth-order valence-electron chi connectivity index (χ4n) is 12.9. The second-order valence-corrected chi connectivity index (χ2v) is 53.1. The minimum absolute atomic E-state index is 0.575. The molecule has 13 rings (SSSR count). The number of allylic oxidation sites excluding steroid dienone is 6. The maximum atomic E-state index is 3.47. The molecule has 698 valence electrons. The lowest BCUT2D eigenvalue weighted by Crippen LogP contribution is -1.84. The molecule has 0 saturated heterocycles. The summed E-state index contributed by atoms with van der Waals surface area (Å²) in [5, 5.41) is 0. The molecule has 0 nitrogen and oxygen atoms in total. The molecule has 0 amide bonds. The van der Waals surface area contributed by atoms with E-state index in [9.17, 15) is 0 Å². The van der Waals surface area contributed by atoms with Crippen molar-refractivity contribution in [2.75, 3.05) is 0 Å². The van der Waals surface area contributed by atoms with E-state index in [0.717, 1.165) is 172 Å². The van der Waals surface area contributed by atoms with E-state index in [1.165, 1.54) is 0 Å². The van der Waals surface area contributed by atoms with Crippen molar-refractivity contribution < 1.29 is 0 Å². The molecule has 0 radical (unpaired) electrons. The molecule has 16 heteroatoms. The largest absolute Gasteiger partial charge is 0.0757 e. The summed E-state index contributed by atoms with van der Waals surface area (Å²) in [4.78, 5) is 0. The lowest BCUT2D eigenvalue weighted by molar-refractivity contribution is 1.59. The van der Waals surface area contributed by atoms with E-state index in [0.29, 0.717) is 33.4 Å². The van der Waals surface area contributed by atoms with Crippen molar-refractivity contribution in [2.24, 2.45) is 0 Å². The average Bonchev–Trinajstić information content (AvgIpc) is 0.861. The van der Waals surface area contributed by atoms with Crippen LogP contribution in [-0.4, -0.2) is 0 Å². The first-order valence-electron chi connectivity index (χ1n) is 43.8. The highest BCUT2D eigenvalue weighted by atomic mass is 79.9. The molecule has 0 atom stereocenters. The van der Waals surface area contributed by atoms with Crippen molar-refractivity contribution >= 4 is 340 Å². The molecular formula is C130H66Br16. The molecule has 0 aliphatic heterocycles. The highest BCUT2D eigenvalue weighted by Crippen LogP contribution is 2.29. The van der Waals surface area contributed by atoms with Gasteiger partial charge in [0.05, 0.1) is 60.6 Å². The minimum Gasteiger partial charge on any atom is -0.0610 e. The van der Waals surface area contributed by atoms with E-state index in [-0.39, 0.29) is 0 Å². The predicted octanol–water partition coefficient (Wildman–Crippen LogP) is 39.3. The Hall–Kier alpha value is -11.4. The van der Waals surface area contributed by atoms with E-state index in [1.54, 1.807) is 0 Å². The molecule has 0 heterocycles. The van der Waals surface area contributed by atoms with Crippen molar-refractivity contribution in [3.63, 3.8) is 0 Å². The third-order valence-corrected chi connectivity index (χ3v) is 23.7. The van der Waals surface area contributed by atoms with Gasteiger partial charge in [-0.3, -0.25) is 0 Å². The molecule has 0 aromatic heterocycles. The lowest BCUT2D eigenvalue weighted by Gasteiger charge is -1.99. The molecule has 0 aliphatic carbocycles. The molecular weight excluding hydrogens is 2840 g/mol. The van der Waals surface area contributed by atoms with Crippen LogP contribution in [0.4, 0.5) is 0 Å². The van der Waals surface area contributed by atoms with Crippen molar-refractivity contribution in [3.8, 4) is 142 Å². The second kappa shape index (κ2) is 59.6. The van der Waals surface area contributed by atoms with Crippen LogP contribution in [0.1, 0.15) is 145 Å². The van der Waals surface area contributed by atoms with Crippen LogP contribution >= 0.6 is 255 Å². The summed E-state index contributed by atoms with van der Waals surface area (Å²) in [5.41, 5.74) is 27.0. The van der Waals surface area contributed by atoms with Crippen LogP contribution in [0.2, 0.25) is 0 Å². The van der Waals surface area contributed by atoms with E-state index in [2.05, 4.69) is 397 Å². The number of hydrogen-bond donors (Lipinski definition) is 0. The summed E-state index contributed by atoms with van der Waals surface area (Å²) in [6.07, 6.45) is 27.8. The van der Waals surface area contributed by atoms with E-state index in [4.69, 9.17) is 0 Å². The molecule has 0 spiro atoms. The summed E-state index contributed by atoms with van der Waals surface area (Å²) in [6, 6.07) is 104. The third-order valence-electron chi connectivity index (χ3n) is 20.0. The van der Waals surface area contributed by atoms with Gasteiger partial charge in [-0.1, -0.05) is 312 Å². The Morgan fingerprint density at radius 3 is 0.247 bits per heavy atom. The van der Waals surface area contributed by atoms with Crippen molar-refractivity contribution in [3.05, 3.63) is 521 Å². The monoisotopic (exact) mass is 2890 g/mol. The first kappa shape index (κ1) is 112. The van der Waals surface area contributed by atoms with E-state index in [1.807, 2.05) is 401 Å². The Balaban J connectivity index is 0.868. The van der Waals surface area contributed by atoms with Gasteiger partial charge in [0.1, 0.15) is 0 Å². The van der Waals surface area contributed by atoms with Gasteiger partial charge in [0, 0.05) is 66.8 Å². The first-order valence-corrected chi connectivity index (χ1v) is 56.5. The summed E-state index contributed by atoms with van der Waals surface area (Å²) < 4.78 is 6.75. The van der Waals surface area contributed by atoms with Crippen molar-refractivity contribution in [2.45, 2.75) is 0 Å². The van der Waals surface area contributed by atoms with Gasteiger partial charge >= 0.3 is 0 Å².